The van der Waals surface area contributed by atoms with E-state index in [9.17, 15) is 0 Å². The van der Waals surface area contributed by atoms with E-state index in [4.69, 9.17) is 19.1 Å². The number of nitrogens with zero attached hydrogens (tertiary/aromatic N) is 7. The lowest BCUT2D eigenvalue weighted by Crippen LogP contribution is -2.00. The van der Waals surface area contributed by atoms with Gasteiger partial charge in [-0.2, -0.15) is 0 Å². The van der Waals surface area contributed by atoms with Gasteiger partial charge >= 0.3 is 0 Å². The topological polar surface area (TPSA) is 76.7 Å². The Hall–Kier alpha value is -12.5. The molecule has 98 heavy (non-hydrogen) atoms. The van der Waals surface area contributed by atoms with Crippen LogP contribution in [-0.2, 0) is 0 Å². The number of fused-ring (bicyclic) bond motifs is 20. The molecule has 10 heteroatoms. The fraction of sp³-hybridized carbons (Fsp3) is 0.0227. The SMILES string of the molecule is Brc1ccc2c(c1)c1ccccc1n2-c1cccc(-n2c3ccccc3c3c4oc5ccccc5c4ccc32)c1.C.C.[2HH].c1ccc(-c2nnn(-c3ccc4c(c3)c3ccccc3n4-c3cccc(-n4c5ccccc5c5c6oc7ccccc7c6ccc54)c3)c2-c2ccccc2)cc1. The summed E-state index contributed by atoms with van der Waals surface area (Å²) in [6, 6.07) is 112. The average Bonchev–Trinajstić information content (AvgIpc) is 1.58. The summed E-state index contributed by atoms with van der Waals surface area (Å²) in [6.07, 6.45) is 0. The van der Waals surface area contributed by atoms with Gasteiger partial charge in [0, 0.05) is 93.6 Å². The van der Waals surface area contributed by atoms with Crippen molar-refractivity contribution in [3.8, 4) is 51.0 Å². The van der Waals surface area contributed by atoms with E-state index in [2.05, 4.69) is 307 Å². The highest BCUT2D eigenvalue weighted by Crippen LogP contribution is 2.45. The highest BCUT2D eigenvalue weighted by molar-refractivity contribution is 9.10. The van der Waals surface area contributed by atoms with Gasteiger partial charge in [0.15, 0.2) is 0 Å². The molecule has 7 heterocycles. The van der Waals surface area contributed by atoms with E-state index in [1.807, 2.05) is 47.1 Å². The van der Waals surface area contributed by atoms with Crippen molar-refractivity contribution in [2.75, 3.05) is 0 Å². The summed E-state index contributed by atoms with van der Waals surface area (Å²) in [5.41, 5.74) is 22.1. The molecule has 0 amide bonds. The Labute approximate surface area is 572 Å². The molecule has 7 aromatic heterocycles. The number of halogens is 1. The van der Waals surface area contributed by atoms with Crippen LogP contribution in [0, 0.1) is 0 Å². The van der Waals surface area contributed by atoms with Crippen LogP contribution in [0.5, 0.6) is 0 Å². The molecule has 0 unspecified atom stereocenters. The first kappa shape index (κ1) is 58.1. The van der Waals surface area contributed by atoms with Crippen LogP contribution in [0.3, 0.4) is 0 Å². The maximum atomic E-state index is 6.57. The Bertz CT molecular complexity index is 6750. The van der Waals surface area contributed by atoms with Crippen LogP contribution in [0.1, 0.15) is 16.3 Å². The van der Waals surface area contributed by atoms with Gasteiger partial charge in [-0.25, -0.2) is 4.68 Å². The zero-order chi connectivity index (χ0) is 63.1. The van der Waals surface area contributed by atoms with E-state index < -0.39 is 0 Å². The van der Waals surface area contributed by atoms with Crippen molar-refractivity contribution in [1.82, 2.24) is 33.3 Å². The molecule has 0 fully saturated rings. The molecule has 0 saturated carbocycles. The molecule has 21 aromatic rings. The van der Waals surface area contributed by atoms with Gasteiger partial charge in [-0.3, -0.25) is 0 Å². The summed E-state index contributed by atoms with van der Waals surface area (Å²) in [5.74, 6) is 0. The van der Waals surface area contributed by atoms with Gasteiger partial charge in [0.05, 0.1) is 60.6 Å². The molecular formula is C88H62BrN7O2. The molecule has 0 aliphatic rings. The van der Waals surface area contributed by atoms with E-state index in [0.29, 0.717) is 0 Å². The number of hydrogen-bond donors (Lipinski definition) is 0. The molecule has 0 aliphatic carbocycles. The van der Waals surface area contributed by atoms with Crippen molar-refractivity contribution in [3.05, 3.63) is 320 Å². The molecule has 9 nitrogen and oxygen atoms in total. The number of benzene rings is 14. The van der Waals surface area contributed by atoms with Crippen molar-refractivity contribution in [2.24, 2.45) is 0 Å². The molecule has 0 saturated heterocycles. The third-order valence-electron chi connectivity index (χ3n) is 19.4. The fourth-order valence-corrected chi connectivity index (χ4v) is 15.6. The quantitative estimate of drug-likeness (QED) is 0.159. The van der Waals surface area contributed by atoms with Crippen molar-refractivity contribution in [3.63, 3.8) is 0 Å². The highest BCUT2D eigenvalue weighted by atomic mass is 79.9. The summed E-state index contributed by atoms with van der Waals surface area (Å²) >= 11 is 3.68. The predicted molar refractivity (Wildman–Crippen MR) is 414 cm³/mol. The normalized spacial score (nSPS) is 11.8. The Morgan fingerprint density at radius 1 is 0.276 bits per heavy atom. The second-order valence-corrected chi connectivity index (χ2v) is 25.5. The van der Waals surface area contributed by atoms with Crippen molar-refractivity contribution in [2.45, 2.75) is 14.9 Å². The monoisotopic (exact) mass is 1330 g/mol. The van der Waals surface area contributed by atoms with E-state index in [0.717, 1.165) is 149 Å². The van der Waals surface area contributed by atoms with E-state index >= 15 is 0 Å². The van der Waals surface area contributed by atoms with Crippen molar-refractivity contribution >= 4 is 147 Å². The van der Waals surface area contributed by atoms with E-state index in [1.54, 1.807) is 0 Å². The van der Waals surface area contributed by atoms with Crippen LogP contribution in [0.25, 0.3) is 182 Å². The van der Waals surface area contributed by atoms with Crippen molar-refractivity contribution in [1.29, 1.82) is 0 Å². The molecular weight excluding hydrogens is 1270 g/mol. The second-order valence-electron chi connectivity index (χ2n) is 24.6. The minimum absolute atomic E-state index is 0. The molecule has 21 rings (SSSR count). The lowest BCUT2D eigenvalue weighted by atomic mass is 10.0. The van der Waals surface area contributed by atoms with Crippen LogP contribution < -0.4 is 0 Å². The van der Waals surface area contributed by atoms with Crippen molar-refractivity contribution < 1.29 is 10.3 Å². The Morgan fingerprint density at radius 3 is 1.15 bits per heavy atom. The lowest BCUT2D eigenvalue weighted by Gasteiger charge is -2.13. The van der Waals surface area contributed by atoms with Crippen LogP contribution in [-0.4, -0.2) is 33.3 Å². The summed E-state index contributed by atoms with van der Waals surface area (Å²) < 4.78 is 25.6. The van der Waals surface area contributed by atoms with Gasteiger partial charge < -0.3 is 27.1 Å². The number of aromatic nitrogens is 7. The molecule has 0 radical (unpaired) electrons. The van der Waals surface area contributed by atoms with Crippen LogP contribution >= 0.6 is 15.9 Å². The van der Waals surface area contributed by atoms with Gasteiger partial charge in [-0.05, 0) is 133 Å². The van der Waals surface area contributed by atoms with Crippen LogP contribution in [0.2, 0.25) is 0 Å². The van der Waals surface area contributed by atoms with Gasteiger partial charge in [0.25, 0.3) is 0 Å². The Kier molecular flexibility index (Phi) is 13.6. The average molecular weight is 1330 g/mol. The smallest absolute Gasteiger partial charge is 0.145 e. The Morgan fingerprint density at radius 2 is 0.653 bits per heavy atom. The largest absolute Gasteiger partial charge is 0.455 e. The number of para-hydroxylation sites is 6. The van der Waals surface area contributed by atoms with Gasteiger partial charge in [0.2, 0.25) is 0 Å². The molecule has 0 aliphatic heterocycles. The van der Waals surface area contributed by atoms with E-state index in [-0.39, 0.29) is 16.3 Å². The summed E-state index contributed by atoms with van der Waals surface area (Å²) in [6.45, 7) is 0. The first-order valence-corrected chi connectivity index (χ1v) is 33.0. The minimum Gasteiger partial charge on any atom is -0.455 e. The standard InChI is InChI=1S/C50H31N5O.C36H21BrN2O.2CH4.H2/c1-3-14-32(15-4-1)48-49(33-16-5-2-6-17-33)55(52-51-48)36-26-28-44-41(31-36)37-20-7-10-23-42(37)53(44)34-18-13-19-35(30-34)54-43-24-11-8-22-40(43)47-45(54)29-27-39-38-21-9-12-25-46(38)56-50(39)47;37-22-16-18-32-29(20-22)25-10-1-4-13-30(25)38(32)23-8-7-9-24(21-23)39-31-14-5-2-12-28(31)35-33(39)19-17-27-26-11-3-6-15-34(26)40-36(27)35;;;/h1-31H;1-21H;2*1H4;1H/i;;;;1+1. The van der Waals surface area contributed by atoms with Gasteiger partial charge in [-0.15, -0.1) is 5.10 Å². The predicted octanol–water partition coefficient (Wildman–Crippen LogP) is 24.8. The Balaban J connectivity index is 0.000000152. The lowest BCUT2D eigenvalue weighted by molar-refractivity contribution is 0.672. The molecule has 0 N–H and O–H groups in total. The molecule has 0 atom stereocenters. The molecule has 0 spiro atoms. The fourth-order valence-electron chi connectivity index (χ4n) is 15.3. The zero-order valence-electron chi connectivity index (χ0n) is 51.3. The van der Waals surface area contributed by atoms with Crippen LogP contribution in [0.4, 0.5) is 0 Å². The van der Waals surface area contributed by atoms with Gasteiger partial charge in [-0.1, -0.05) is 218 Å². The third kappa shape index (κ3) is 8.77. The maximum Gasteiger partial charge on any atom is 0.145 e. The van der Waals surface area contributed by atoms with Crippen LogP contribution in [0.15, 0.2) is 329 Å². The summed E-state index contributed by atoms with van der Waals surface area (Å²) in [7, 11) is 0. The first-order valence-electron chi connectivity index (χ1n) is 32.2. The minimum atomic E-state index is 0. The number of rotatable bonds is 7. The van der Waals surface area contributed by atoms with Gasteiger partial charge in [0.1, 0.15) is 33.7 Å². The molecule has 14 aromatic carbocycles. The highest BCUT2D eigenvalue weighted by Gasteiger charge is 2.24. The molecule has 0 bridgehead atoms. The number of furan rings is 2. The third-order valence-corrected chi connectivity index (χ3v) is 19.8. The summed E-state index contributed by atoms with van der Waals surface area (Å²) in [4.78, 5) is 0. The first-order chi connectivity index (χ1) is 47.6. The zero-order valence-corrected chi connectivity index (χ0v) is 52.9. The number of hydrogen-bond acceptors (Lipinski definition) is 4. The molecule has 468 valence electrons. The summed E-state index contributed by atoms with van der Waals surface area (Å²) in [5, 5.41) is 23.5. The maximum absolute atomic E-state index is 6.57. The van der Waals surface area contributed by atoms with E-state index in [1.165, 1.54) is 38.0 Å². The second kappa shape index (κ2) is 22.9.